The monoisotopic (exact) mass is 409 g/mol. The van der Waals surface area contributed by atoms with E-state index in [4.69, 9.17) is 5.11 Å². The van der Waals surface area contributed by atoms with Crippen molar-refractivity contribution in [1.82, 2.24) is 4.72 Å². The zero-order chi connectivity index (χ0) is 14.8. The summed E-state index contributed by atoms with van der Waals surface area (Å²) < 4.78 is 27.2. The smallest absolute Gasteiger partial charge is 0.336 e. The van der Waals surface area contributed by atoms with Crippen LogP contribution in [0.1, 0.15) is 36.0 Å². The molecule has 1 aromatic carbocycles. The van der Waals surface area contributed by atoms with E-state index in [1.54, 1.807) is 0 Å². The second-order valence-corrected chi connectivity index (χ2v) is 7.86. The van der Waals surface area contributed by atoms with Gasteiger partial charge in [0.05, 0.1) is 10.5 Å². The van der Waals surface area contributed by atoms with Crippen molar-refractivity contribution in [2.45, 2.75) is 30.6 Å². The lowest BCUT2D eigenvalue weighted by atomic mass is 10.2. The van der Waals surface area contributed by atoms with Gasteiger partial charge >= 0.3 is 5.97 Å². The highest BCUT2D eigenvalue weighted by atomic mass is 127. The van der Waals surface area contributed by atoms with Gasteiger partial charge in [-0.2, -0.15) is 0 Å². The van der Waals surface area contributed by atoms with Crippen LogP contribution in [0.15, 0.2) is 23.1 Å². The van der Waals surface area contributed by atoms with Gasteiger partial charge in [-0.1, -0.05) is 12.8 Å². The molecule has 0 saturated heterocycles. The van der Waals surface area contributed by atoms with E-state index < -0.39 is 16.0 Å². The normalized spacial score (nSPS) is 15.2. The van der Waals surface area contributed by atoms with Gasteiger partial charge in [-0.3, -0.25) is 0 Å². The number of benzene rings is 1. The summed E-state index contributed by atoms with van der Waals surface area (Å²) in [6, 6.07) is 4.13. The second-order valence-electron chi connectivity index (χ2n) is 4.93. The average Bonchev–Trinajstić information content (AvgIpc) is 3.18. The Morgan fingerprint density at radius 3 is 2.70 bits per heavy atom. The van der Waals surface area contributed by atoms with Gasteiger partial charge in [-0.25, -0.2) is 17.9 Å². The topological polar surface area (TPSA) is 83.5 Å². The summed E-state index contributed by atoms with van der Waals surface area (Å²) in [7, 11) is -3.63. The van der Waals surface area contributed by atoms with Crippen molar-refractivity contribution in [3.05, 3.63) is 27.3 Å². The molecule has 1 aliphatic rings. The summed E-state index contributed by atoms with van der Waals surface area (Å²) in [6.07, 6.45) is 4.38. The molecule has 0 spiro atoms. The van der Waals surface area contributed by atoms with Crippen molar-refractivity contribution in [2.75, 3.05) is 6.54 Å². The van der Waals surface area contributed by atoms with Crippen LogP contribution in [0.25, 0.3) is 0 Å². The van der Waals surface area contributed by atoms with Gasteiger partial charge in [0.15, 0.2) is 0 Å². The van der Waals surface area contributed by atoms with Gasteiger partial charge in [0, 0.05) is 10.1 Å². The predicted octanol–water partition coefficient (Wildman–Crippen LogP) is 2.46. The molecule has 0 bridgehead atoms. The van der Waals surface area contributed by atoms with Crippen LogP contribution in [0.3, 0.4) is 0 Å². The number of nitrogens with one attached hydrogen (secondary N) is 1. The molecule has 0 amide bonds. The maximum Gasteiger partial charge on any atom is 0.336 e. The average molecular weight is 409 g/mol. The van der Waals surface area contributed by atoms with E-state index in [-0.39, 0.29) is 10.5 Å². The summed E-state index contributed by atoms with van der Waals surface area (Å²) in [6.45, 7) is 0.396. The van der Waals surface area contributed by atoms with Crippen LogP contribution in [0, 0.1) is 9.49 Å². The first-order chi connectivity index (χ1) is 9.40. The molecule has 0 unspecified atom stereocenters. The van der Waals surface area contributed by atoms with E-state index in [1.165, 1.54) is 31.0 Å². The highest BCUT2D eigenvalue weighted by Crippen LogP contribution is 2.33. The third-order valence-corrected chi connectivity index (χ3v) is 5.66. The Kier molecular flexibility index (Phi) is 5.03. The van der Waals surface area contributed by atoms with Gasteiger partial charge in [0.2, 0.25) is 10.0 Å². The van der Waals surface area contributed by atoms with Crippen LogP contribution < -0.4 is 4.72 Å². The third-order valence-electron chi connectivity index (χ3n) is 3.26. The Hall–Kier alpha value is -0.670. The van der Waals surface area contributed by atoms with Crippen molar-refractivity contribution < 1.29 is 18.3 Å². The zero-order valence-electron chi connectivity index (χ0n) is 10.8. The Balaban J connectivity index is 2.03. The van der Waals surface area contributed by atoms with E-state index in [1.807, 2.05) is 22.6 Å². The largest absolute Gasteiger partial charge is 0.478 e. The van der Waals surface area contributed by atoms with Crippen molar-refractivity contribution >= 4 is 38.6 Å². The van der Waals surface area contributed by atoms with Crippen LogP contribution in [0.5, 0.6) is 0 Å². The Bertz CT molecular complexity index is 611. The predicted molar refractivity (Wildman–Crippen MR) is 83.3 cm³/mol. The minimum absolute atomic E-state index is 0.00161. The van der Waals surface area contributed by atoms with E-state index in [0.29, 0.717) is 10.1 Å². The van der Waals surface area contributed by atoms with Gasteiger partial charge < -0.3 is 5.11 Å². The molecule has 2 N–H and O–H groups in total. The summed E-state index contributed by atoms with van der Waals surface area (Å²) in [5.74, 6) is -0.350. The zero-order valence-corrected chi connectivity index (χ0v) is 13.8. The molecule has 0 radical (unpaired) electrons. The Morgan fingerprint density at radius 2 is 2.10 bits per heavy atom. The van der Waals surface area contributed by atoms with Crippen LogP contribution in [0.2, 0.25) is 0 Å². The van der Waals surface area contributed by atoms with Crippen LogP contribution in [-0.2, 0) is 10.0 Å². The van der Waals surface area contributed by atoms with Gasteiger partial charge in [0.25, 0.3) is 0 Å². The molecule has 1 fully saturated rings. The van der Waals surface area contributed by atoms with E-state index in [9.17, 15) is 13.2 Å². The number of rotatable bonds is 7. The van der Waals surface area contributed by atoms with Gasteiger partial charge in [-0.15, -0.1) is 0 Å². The molecular formula is C13H16INO4S. The quantitative estimate of drug-likeness (QED) is 0.536. The molecule has 5 nitrogen and oxygen atoms in total. The van der Waals surface area contributed by atoms with E-state index in [2.05, 4.69) is 4.72 Å². The fraction of sp³-hybridized carbons (Fsp3) is 0.462. The molecule has 2 rings (SSSR count). The van der Waals surface area contributed by atoms with E-state index >= 15 is 0 Å². The Morgan fingerprint density at radius 1 is 1.40 bits per heavy atom. The molecule has 0 heterocycles. The number of carbonyl (C=O) groups is 1. The highest BCUT2D eigenvalue weighted by Gasteiger charge is 2.21. The SMILES string of the molecule is O=C(O)c1cc(S(=O)(=O)NCCCC2CC2)ccc1I. The molecule has 0 aliphatic heterocycles. The summed E-state index contributed by atoms with van der Waals surface area (Å²) in [5, 5.41) is 9.02. The summed E-state index contributed by atoms with van der Waals surface area (Å²) >= 11 is 1.87. The van der Waals surface area contributed by atoms with Crippen molar-refractivity contribution in [3.8, 4) is 0 Å². The number of aromatic carboxylic acids is 1. The van der Waals surface area contributed by atoms with E-state index in [0.717, 1.165) is 18.8 Å². The standard InChI is InChI=1S/C13H16INO4S/c14-12-6-5-10(8-11(12)13(16)17)20(18,19)15-7-1-2-9-3-4-9/h5-6,8-9,15H,1-4,7H2,(H,16,17). The number of carboxylic acid groups (broad SMARTS) is 1. The molecule has 0 atom stereocenters. The molecule has 20 heavy (non-hydrogen) atoms. The van der Waals surface area contributed by atoms with Crippen molar-refractivity contribution in [1.29, 1.82) is 0 Å². The fourth-order valence-corrected chi connectivity index (χ4v) is 3.59. The number of hydrogen-bond acceptors (Lipinski definition) is 3. The lowest BCUT2D eigenvalue weighted by molar-refractivity contribution is 0.0695. The van der Waals surface area contributed by atoms with Gasteiger partial charge in [-0.05, 0) is 59.5 Å². The number of sulfonamides is 1. The number of hydrogen-bond donors (Lipinski definition) is 2. The lowest BCUT2D eigenvalue weighted by Crippen LogP contribution is -2.25. The number of halogens is 1. The maximum atomic E-state index is 12.1. The summed E-state index contributed by atoms with van der Waals surface area (Å²) in [5.41, 5.74) is 0.00598. The van der Waals surface area contributed by atoms with Crippen molar-refractivity contribution in [3.63, 3.8) is 0 Å². The molecule has 7 heteroatoms. The Labute approximate surface area is 132 Å². The molecule has 1 aromatic rings. The third kappa shape index (κ3) is 4.16. The maximum absolute atomic E-state index is 12.1. The number of carboxylic acids is 1. The van der Waals surface area contributed by atoms with Crippen LogP contribution in [-0.4, -0.2) is 26.0 Å². The van der Waals surface area contributed by atoms with Crippen LogP contribution >= 0.6 is 22.6 Å². The first kappa shape index (κ1) is 15.7. The minimum Gasteiger partial charge on any atom is -0.478 e. The molecule has 1 saturated carbocycles. The second kappa shape index (κ2) is 6.40. The highest BCUT2D eigenvalue weighted by molar-refractivity contribution is 14.1. The first-order valence-electron chi connectivity index (χ1n) is 6.42. The molecule has 110 valence electrons. The van der Waals surface area contributed by atoms with Gasteiger partial charge in [0.1, 0.15) is 0 Å². The fourth-order valence-electron chi connectivity index (χ4n) is 1.92. The van der Waals surface area contributed by atoms with Crippen molar-refractivity contribution in [2.24, 2.45) is 5.92 Å². The first-order valence-corrected chi connectivity index (χ1v) is 8.99. The molecule has 1 aliphatic carbocycles. The molecule has 0 aromatic heterocycles. The van der Waals surface area contributed by atoms with Crippen LogP contribution in [0.4, 0.5) is 0 Å². The summed E-state index contributed by atoms with van der Waals surface area (Å²) in [4.78, 5) is 11.0. The lowest BCUT2D eigenvalue weighted by Gasteiger charge is -2.08. The molecular weight excluding hydrogens is 393 g/mol. The minimum atomic E-state index is -3.63.